The van der Waals surface area contributed by atoms with Crippen molar-refractivity contribution in [2.45, 2.75) is 114 Å². The molecule has 5 amide bonds. The summed E-state index contributed by atoms with van der Waals surface area (Å²) in [4.78, 5) is 141. The third-order valence-corrected chi connectivity index (χ3v) is 21.8. The fraction of sp³-hybridized carbons (Fsp3) is 0.415. The number of amides is 5. The molecule has 1 fully saturated rings. The largest absolute Gasteiger partial charge is 0.506 e. The molecule has 10 unspecified atom stereocenters. The number of aromatic hydroxyl groups is 1. The van der Waals surface area contributed by atoms with Crippen LogP contribution in [-0.2, 0) is 51.2 Å². The van der Waals surface area contributed by atoms with Crippen molar-refractivity contribution in [2.24, 2.45) is 0 Å². The van der Waals surface area contributed by atoms with Crippen LogP contribution in [0.5, 0.6) is 5.75 Å². The van der Waals surface area contributed by atoms with Gasteiger partial charge < -0.3 is 90.1 Å². The van der Waals surface area contributed by atoms with Gasteiger partial charge in [-0.05, 0) is 66.5 Å². The monoisotopic (exact) mass is 1510 g/mol. The number of pyridine rings is 1. The molecule has 4 aliphatic rings. The molecule has 12 bridgehead atoms. The topological polar surface area (TPSA) is 438 Å². The minimum atomic E-state index is -1.89. The number of aromatic nitrogens is 7. The van der Waals surface area contributed by atoms with Gasteiger partial charge in [0.2, 0.25) is 5.91 Å². The molecule has 33 nitrogen and oxygen atoms in total. The third kappa shape index (κ3) is 15.1. The maximum absolute atomic E-state index is 15.3. The number of hydrogen-bond donors (Lipinski definition) is 9. The fourth-order valence-electron chi connectivity index (χ4n) is 12.6. The maximum atomic E-state index is 15.3. The van der Waals surface area contributed by atoms with E-state index in [4.69, 9.17) is 48.2 Å². The van der Waals surface area contributed by atoms with Crippen molar-refractivity contribution in [1.82, 2.24) is 71.0 Å². The highest BCUT2D eigenvalue weighted by molar-refractivity contribution is 7.14. The first-order chi connectivity index (χ1) is 49.3. The van der Waals surface area contributed by atoms with E-state index < -0.39 is 134 Å². The number of rotatable bonds is 13. The number of aliphatic hydroxyl groups excluding tert-OH is 2. The fourth-order valence-corrected chi connectivity index (χ4v) is 16.7. The summed E-state index contributed by atoms with van der Waals surface area (Å²) >= 11 is 4.61. The minimum absolute atomic E-state index is 0.00207. The second-order valence-electron chi connectivity index (χ2n) is 24.8. The highest BCUT2D eigenvalue weighted by Crippen LogP contribution is 2.43. The first kappa shape index (κ1) is 73.4. The van der Waals surface area contributed by atoms with Gasteiger partial charge in [0.05, 0.1) is 55.8 Å². The zero-order chi connectivity index (χ0) is 73.5. The lowest BCUT2D eigenvalue weighted by atomic mass is 9.85. The van der Waals surface area contributed by atoms with Crippen molar-refractivity contribution < 1.29 is 87.2 Å². The number of methoxy groups -OCH3 is 1. The van der Waals surface area contributed by atoms with Crippen molar-refractivity contribution in [1.29, 1.82) is 5.26 Å². The molecule has 103 heavy (non-hydrogen) atoms. The van der Waals surface area contributed by atoms with Crippen molar-refractivity contribution in [3.8, 4) is 44.5 Å². The van der Waals surface area contributed by atoms with E-state index in [1.54, 1.807) is 68.4 Å². The van der Waals surface area contributed by atoms with E-state index in [9.17, 15) is 40.1 Å². The van der Waals surface area contributed by atoms with Crippen LogP contribution < -0.4 is 31.4 Å². The Hall–Kier alpha value is -9.34. The molecule has 8 aromatic rings. The number of fused-ring (bicyclic) bond motifs is 15. The molecule has 1 aromatic carbocycles. The number of cyclic esters (lactones) is 2. The van der Waals surface area contributed by atoms with Gasteiger partial charge >= 0.3 is 11.9 Å². The molecule has 0 radical (unpaired) electrons. The number of esters is 2. The summed E-state index contributed by atoms with van der Waals surface area (Å²) in [5.41, 5.74) is -1.82. The van der Waals surface area contributed by atoms with Crippen LogP contribution in [-0.4, -0.2) is 222 Å². The average Bonchev–Trinajstić information content (AvgIpc) is 1.63. The summed E-state index contributed by atoms with van der Waals surface area (Å²) in [6.45, 7) is 4.64. The number of nitrogens with zero attached hydrogens (tertiary/aromatic N) is 10. The summed E-state index contributed by atoms with van der Waals surface area (Å²) in [6.07, 6.45) is -7.44. The van der Waals surface area contributed by atoms with Gasteiger partial charge in [0, 0.05) is 62.9 Å². The third-order valence-electron chi connectivity index (χ3n) is 17.4. The number of likely N-dealkylation sites (N-methyl/N-ethyl adjacent to an activating group) is 2. The Kier molecular flexibility index (Phi) is 21.8. The lowest BCUT2D eigenvalue weighted by Crippen LogP contribution is -2.62. The molecule has 542 valence electrons. The quantitative estimate of drug-likeness (QED) is 0.0589. The summed E-state index contributed by atoms with van der Waals surface area (Å²) in [5.74, 6) is -6.84. The number of carbonyl (C=O) groups excluding carboxylic acids is 7. The molecule has 0 saturated carbocycles. The van der Waals surface area contributed by atoms with Crippen LogP contribution in [0.3, 0.4) is 0 Å². The number of hydrogen-bond acceptors (Lipinski definition) is 32. The van der Waals surface area contributed by atoms with Gasteiger partial charge in [-0.25, -0.2) is 39.5 Å². The van der Waals surface area contributed by atoms with E-state index in [1.165, 1.54) is 60.4 Å². The molecule has 4 aliphatic heterocycles. The van der Waals surface area contributed by atoms with E-state index in [-0.39, 0.29) is 119 Å². The first-order valence-electron chi connectivity index (χ1n) is 31.8. The summed E-state index contributed by atoms with van der Waals surface area (Å²) in [5, 5.41) is 75.8. The van der Waals surface area contributed by atoms with Gasteiger partial charge in [-0.1, -0.05) is 12.1 Å². The highest BCUT2D eigenvalue weighted by atomic mass is 32.1. The van der Waals surface area contributed by atoms with Crippen molar-refractivity contribution in [3.63, 3.8) is 0 Å². The lowest BCUT2D eigenvalue weighted by molar-refractivity contribution is -0.280. The molecular formula is C65H69N15O18S5. The predicted octanol–water partition coefficient (Wildman–Crippen LogP) is 3.53. The van der Waals surface area contributed by atoms with Crippen LogP contribution >= 0.6 is 56.7 Å². The number of nitriles is 1. The van der Waals surface area contributed by atoms with Crippen molar-refractivity contribution in [3.05, 3.63) is 112 Å². The standard InChI is InChI=1S/C65H69N15O18S5/c1-27(82)44-57(88)76-45(28(2)92-8)60-71-39(26-101-60)56(87)77-48-50-51(98-42-16-65(4,91)52(78(5)6)29(3)97-42)64(90)95-19-30-11-10-12-40-43(30)33(20-94-50)49(80(40)93-9)63(89)96-21-34(68-54(85)37-25-103-62(48)73-37)59-69-35(22-100-59)46-32(58-70-38(23-99-58)55(86)75-44)15-41(83)47(74-46)61-72-36(24-102-61)53(84)67-31(17-66)18-79(7)13-14-81/h10-12,15,22-27,29,31,34,42,44,48,50-52,81-83,91H,13-14,16,18-21H2,1-9H3,(H,67,84)(H,68,85)(H,75,86)(H,76,88)(H,77,87)/b45-28+/t27?,29?,31-,34?,42?,44?,48?,50?,51?,52?,65?/m0/s1. The highest BCUT2D eigenvalue weighted by Gasteiger charge is 2.50. The Morgan fingerprint density at radius 2 is 1.54 bits per heavy atom. The van der Waals surface area contributed by atoms with Crippen molar-refractivity contribution >= 4 is 115 Å². The Labute approximate surface area is 606 Å². The molecule has 1 saturated heterocycles. The van der Waals surface area contributed by atoms with Crippen LogP contribution in [0.1, 0.15) is 125 Å². The maximum Gasteiger partial charge on any atom is 0.358 e. The van der Waals surface area contributed by atoms with Crippen LogP contribution in [0, 0.1) is 11.3 Å². The van der Waals surface area contributed by atoms with Gasteiger partial charge in [0.15, 0.2) is 18.1 Å². The van der Waals surface area contributed by atoms with E-state index in [0.717, 1.165) is 56.7 Å². The number of nitrogens with one attached hydrogen (secondary N) is 5. The second-order valence-corrected chi connectivity index (χ2v) is 29.2. The number of aliphatic hydroxyl groups is 3. The number of ether oxygens (including phenoxy) is 6. The normalized spacial score (nSPS) is 23.8. The SMILES string of the molecule is CO/C(C)=C1/NC(=O)C(C(C)O)NC(=O)c2csc(n2)-c2cc(O)c(-c3nc(C(=O)N[C@@H](C#N)CN(C)CCO)cs3)nc2-c2csc(n2)C2COC(=O)c3c4c5c(cccc5n3OC)COC(=O)C(OC3CC(C)(O)C(N(C)C)C(C)O3)C(OC4)C(NC(=O)c3csc1n3)c1nc(cs1)C(=O)N2. The van der Waals surface area contributed by atoms with E-state index in [0.29, 0.717) is 16.5 Å². The molecule has 11 heterocycles. The molecule has 0 spiro atoms. The number of carbonyl (C=O) groups is 7. The molecule has 0 aliphatic carbocycles. The molecule has 7 aromatic heterocycles. The molecule has 12 rings (SSSR count). The first-order valence-corrected chi connectivity index (χ1v) is 36.2. The van der Waals surface area contributed by atoms with E-state index in [2.05, 4.69) is 41.5 Å². The Balaban J connectivity index is 1.03. The molecule has 38 heteroatoms. The lowest BCUT2D eigenvalue weighted by Gasteiger charge is -2.48. The van der Waals surface area contributed by atoms with Crippen molar-refractivity contribution in [2.75, 3.05) is 61.7 Å². The zero-order valence-electron chi connectivity index (χ0n) is 56.4. The summed E-state index contributed by atoms with van der Waals surface area (Å²) in [7, 11) is 7.86. The average molecular weight is 1510 g/mol. The Bertz CT molecular complexity index is 4690. The number of thiazole rings is 5. The number of allylic oxidation sites excluding steroid dienone is 1. The van der Waals surface area contributed by atoms with Crippen LogP contribution in [0.2, 0.25) is 0 Å². The van der Waals surface area contributed by atoms with E-state index in [1.807, 2.05) is 6.07 Å². The minimum Gasteiger partial charge on any atom is -0.506 e. The smallest absolute Gasteiger partial charge is 0.358 e. The van der Waals surface area contributed by atoms with Crippen LogP contribution in [0.25, 0.3) is 49.3 Å². The summed E-state index contributed by atoms with van der Waals surface area (Å²) in [6, 6.07) is 2.12. The van der Waals surface area contributed by atoms with Gasteiger partial charge in [0.1, 0.15) is 133 Å². The van der Waals surface area contributed by atoms with Crippen LogP contribution in [0.4, 0.5) is 0 Å². The summed E-state index contributed by atoms with van der Waals surface area (Å²) < 4.78 is 39.3. The molecule has 9 N–H and O–H groups in total. The van der Waals surface area contributed by atoms with Gasteiger partial charge in [-0.3, -0.25) is 24.0 Å². The predicted molar refractivity (Wildman–Crippen MR) is 371 cm³/mol. The number of benzene rings is 1. The van der Waals surface area contributed by atoms with E-state index >= 15 is 19.2 Å². The van der Waals surface area contributed by atoms with Gasteiger partial charge in [-0.15, -0.1) is 56.7 Å². The zero-order valence-corrected chi connectivity index (χ0v) is 60.5. The second kappa shape index (κ2) is 30.5. The van der Waals surface area contributed by atoms with Crippen LogP contribution in [0.15, 0.2) is 56.9 Å². The Morgan fingerprint density at radius 3 is 2.25 bits per heavy atom. The Morgan fingerprint density at radius 1 is 0.864 bits per heavy atom. The van der Waals surface area contributed by atoms with Gasteiger partial charge in [-0.2, -0.15) is 9.99 Å². The molecule has 11 atom stereocenters. The van der Waals surface area contributed by atoms with Gasteiger partial charge in [0.25, 0.3) is 23.6 Å². The molecular weight excluding hydrogens is 1440 g/mol.